The summed E-state index contributed by atoms with van der Waals surface area (Å²) in [5.74, 6) is 0.0603. The van der Waals surface area contributed by atoms with E-state index in [2.05, 4.69) is 26.8 Å². The maximum Gasteiger partial charge on any atom is 0.227 e. The number of hydrogen-bond donors (Lipinski definition) is 0. The molecule has 0 aliphatic carbocycles. The van der Waals surface area contributed by atoms with E-state index < -0.39 is 0 Å². The fraction of sp³-hybridized carbons (Fsp3) is 0.278. The molecule has 114 valence electrons. The lowest BCUT2D eigenvalue weighted by molar-refractivity contribution is -0.683. The van der Waals surface area contributed by atoms with Crippen LogP contribution in [-0.2, 0) is 12.0 Å². The highest BCUT2D eigenvalue weighted by Gasteiger charge is 2.16. The molecule has 0 aliphatic rings. The van der Waals surface area contributed by atoms with Crippen LogP contribution in [0, 0.1) is 11.3 Å². The van der Waals surface area contributed by atoms with Crippen molar-refractivity contribution < 1.29 is 21.8 Å². The molecule has 0 aliphatic heterocycles. The smallest absolute Gasteiger partial charge is 0.227 e. The first-order valence-electron chi connectivity index (χ1n) is 6.93. The number of carbonyl (C=O) groups is 1. The predicted molar refractivity (Wildman–Crippen MR) is 80.8 cm³/mol. The van der Waals surface area contributed by atoms with Crippen molar-refractivity contribution in [2.45, 2.75) is 32.7 Å². The Morgan fingerprint density at radius 3 is 2.09 bits per heavy atom. The van der Waals surface area contributed by atoms with Crippen LogP contribution in [0.1, 0.15) is 42.3 Å². The SMILES string of the molecule is CC(C)(C)c1ccc(C(=O)C[n+]2ccc(C#N)cc2)cc1.[Cl-]. The molecule has 22 heavy (non-hydrogen) atoms. The second kappa shape index (κ2) is 7.20. The van der Waals surface area contributed by atoms with Crippen LogP contribution in [0.15, 0.2) is 48.8 Å². The van der Waals surface area contributed by atoms with Gasteiger partial charge in [0, 0.05) is 17.7 Å². The van der Waals surface area contributed by atoms with Crippen molar-refractivity contribution in [3.05, 3.63) is 65.5 Å². The fourth-order valence-corrected chi connectivity index (χ4v) is 2.05. The highest BCUT2D eigenvalue weighted by molar-refractivity contribution is 5.95. The maximum atomic E-state index is 12.2. The summed E-state index contributed by atoms with van der Waals surface area (Å²) in [6.07, 6.45) is 3.50. The van der Waals surface area contributed by atoms with E-state index in [9.17, 15) is 4.79 Å². The molecule has 1 heterocycles. The molecule has 0 saturated heterocycles. The van der Waals surface area contributed by atoms with Crippen molar-refractivity contribution in [1.82, 2.24) is 0 Å². The standard InChI is InChI=1S/C18H19N2O.ClH/c1-18(2,3)16-6-4-15(5-7-16)17(21)13-20-10-8-14(12-19)9-11-20;/h4-11H,13H2,1-3H3;1H/q+1;/p-1. The van der Waals surface area contributed by atoms with Gasteiger partial charge in [0.25, 0.3) is 0 Å². The van der Waals surface area contributed by atoms with E-state index in [4.69, 9.17) is 5.26 Å². The molecule has 0 amide bonds. The number of Topliss-reactive ketones (excluding diaryl/α,β-unsaturated/α-hetero) is 1. The lowest BCUT2D eigenvalue weighted by Crippen LogP contribution is -3.00. The maximum absolute atomic E-state index is 12.2. The number of benzene rings is 1. The molecular weight excluding hydrogens is 296 g/mol. The highest BCUT2D eigenvalue weighted by atomic mass is 35.5. The number of carbonyl (C=O) groups excluding carboxylic acids is 1. The van der Waals surface area contributed by atoms with Gasteiger partial charge in [0.05, 0.1) is 11.6 Å². The Morgan fingerprint density at radius 2 is 1.64 bits per heavy atom. The van der Waals surface area contributed by atoms with Crippen molar-refractivity contribution >= 4 is 5.78 Å². The summed E-state index contributed by atoms with van der Waals surface area (Å²) in [5.41, 5.74) is 2.60. The van der Waals surface area contributed by atoms with E-state index in [0.717, 1.165) is 0 Å². The Bertz CT molecular complexity index is 677. The van der Waals surface area contributed by atoms with Gasteiger partial charge in [0.15, 0.2) is 12.4 Å². The highest BCUT2D eigenvalue weighted by Crippen LogP contribution is 2.22. The van der Waals surface area contributed by atoms with Gasteiger partial charge in [-0.05, 0) is 11.0 Å². The van der Waals surface area contributed by atoms with Gasteiger partial charge in [-0.1, -0.05) is 45.0 Å². The molecule has 2 rings (SSSR count). The Morgan fingerprint density at radius 1 is 1.09 bits per heavy atom. The number of rotatable bonds is 3. The molecule has 1 aromatic carbocycles. The molecule has 0 unspecified atom stereocenters. The van der Waals surface area contributed by atoms with Crippen molar-refractivity contribution in [3.63, 3.8) is 0 Å². The molecule has 3 nitrogen and oxygen atoms in total. The van der Waals surface area contributed by atoms with E-state index in [1.807, 2.05) is 24.3 Å². The van der Waals surface area contributed by atoms with Gasteiger partial charge in [-0.3, -0.25) is 4.79 Å². The first kappa shape index (κ1) is 17.9. The predicted octanol–water partition coefficient (Wildman–Crippen LogP) is 0.0302. The summed E-state index contributed by atoms with van der Waals surface area (Å²) in [6.45, 7) is 6.73. The first-order chi connectivity index (χ1) is 9.90. The lowest BCUT2D eigenvalue weighted by Gasteiger charge is -2.18. The number of ketones is 1. The molecule has 2 aromatic rings. The van der Waals surface area contributed by atoms with Gasteiger partial charge in [0.1, 0.15) is 0 Å². The molecule has 0 atom stereocenters. The molecular formula is C18H19ClN2O. The van der Waals surface area contributed by atoms with Crippen LogP contribution in [0.5, 0.6) is 0 Å². The second-order valence-electron chi connectivity index (χ2n) is 6.12. The number of pyridine rings is 1. The van der Waals surface area contributed by atoms with Crippen molar-refractivity contribution in [3.8, 4) is 6.07 Å². The van der Waals surface area contributed by atoms with Crippen LogP contribution >= 0.6 is 0 Å². The zero-order valence-electron chi connectivity index (χ0n) is 13.0. The zero-order chi connectivity index (χ0) is 15.5. The minimum atomic E-state index is 0. The minimum absolute atomic E-state index is 0. The lowest BCUT2D eigenvalue weighted by atomic mass is 9.86. The molecule has 0 N–H and O–H groups in total. The van der Waals surface area contributed by atoms with Crippen LogP contribution in [0.25, 0.3) is 0 Å². The number of halogens is 1. The van der Waals surface area contributed by atoms with Crippen LogP contribution in [0.3, 0.4) is 0 Å². The Hall–Kier alpha value is -2.18. The second-order valence-corrected chi connectivity index (χ2v) is 6.12. The van der Waals surface area contributed by atoms with Gasteiger partial charge >= 0.3 is 0 Å². The summed E-state index contributed by atoms with van der Waals surface area (Å²) >= 11 is 0. The third-order valence-corrected chi connectivity index (χ3v) is 3.42. The van der Waals surface area contributed by atoms with E-state index in [1.165, 1.54) is 5.56 Å². The molecule has 0 saturated carbocycles. The van der Waals surface area contributed by atoms with E-state index in [1.54, 1.807) is 29.1 Å². The number of nitriles is 1. The van der Waals surface area contributed by atoms with Crippen LogP contribution in [0.4, 0.5) is 0 Å². The van der Waals surface area contributed by atoms with Gasteiger partial charge in [-0.25, -0.2) is 0 Å². The Kier molecular flexibility index (Phi) is 5.84. The number of hydrogen-bond acceptors (Lipinski definition) is 2. The van der Waals surface area contributed by atoms with Crippen molar-refractivity contribution in [2.75, 3.05) is 0 Å². The monoisotopic (exact) mass is 314 g/mol. The molecule has 0 bridgehead atoms. The van der Waals surface area contributed by atoms with E-state index in [0.29, 0.717) is 11.1 Å². The average Bonchev–Trinajstić information content (AvgIpc) is 2.47. The molecule has 0 spiro atoms. The number of nitrogens with zero attached hydrogens (tertiary/aromatic N) is 2. The van der Waals surface area contributed by atoms with Crippen LogP contribution in [0.2, 0.25) is 0 Å². The van der Waals surface area contributed by atoms with Gasteiger partial charge < -0.3 is 12.4 Å². The molecule has 1 aromatic heterocycles. The largest absolute Gasteiger partial charge is 1.00 e. The van der Waals surface area contributed by atoms with Crippen molar-refractivity contribution in [1.29, 1.82) is 5.26 Å². The average molecular weight is 315 g/mol. The Balaban J connectivity index is 0.00000242. The quantitative estimate of drug-likeness (QED) is 0.593. The van der Waals surface area contributed by atoms with Crippen LogP contribution in [-0.4, -0.2) is 5.78 Å². The van der Waals surface area contributed by atoms with Gasteiger partial charge in [-0.2, -0.15) is 9.83 Å². The molecule has 4 heteroatoms. The van der Waals surface area contributed by atoms with Gasteiger partial charge in [-0.15, -0.1) is 0 Å². The summed E-state index contributed by atoms with van der Waals surface area (Å²) < 4.78 is 1.78. The summed E-state index contributed by atoms with van der Waals surface area (Å²) in [4.78, 5) is 12.2. The normalized spacial score (nSPS) is 10.5. The topological polar surface area (TPSA) is 44.7 Å². The molecule has 0 radical (unpaired) electrons. The number of aromatic nitrogens is 1. The van der Waals surface area contributed by atoms with E-state index in [-0.39, 0.29) is 30.2 Å². The summed E-state index contributed by atoms with van der Waals surface area (Å²) in [6, 6.07) is 13.3. The first-order valence-corrected chi connectivity index (χ1v) is 6.93. The van der Waals surface area contributed by atoms with Crippen molar-refractivity contribution in [2.24, 2.45) is 0 Å². The third-order valence-electron chi connectivity index (χ3n) is 3.42. The fourth-order valence-electron chi connectivity index (χ4n) is 2.05. The van der Waals surface area contributed by atoms with Gasteiger partial charge in [0.2, 0.25) is 12.3 Å². The van der Waals surface area contributed by atoms with E-state index >= 15 is 0 Å². The third kappa shape index (κ3) is 4.41. The summed E-state index contributed by atoms with van der Waals surface area (Å²) in [5, 5.41) is 8.75. The Labute approximate surface area is 137 Å². The molecule has 0 fully saturated rings. The minimum Gasteiger partial charge on any atom is -1.00 e. The van der Waals surface area contributed by atoms with Crippen LogP contribution < -0.4 is 17.0 Å². The zero-order valence-corrected chi connectivity index (χ0v) is 13.8. The summed E-state index contributed by atoms with van der Waals surface area (Å²) in [7, 11) is 0.